The molecule has 1 aliphatic heterocycles. The van der Waals surface area contributed by atoms with Crippen molar-refractivity contribution in [1.29, 1.82) is 0 Å². The van der Waals surface area contributed by atoms with Gasteiger partial charge >= 0.3 is 5.97 Å². The van der Waals surface area contributed by atoms with E-state index in [1.165, 1.54) is 0 Å². The lowest BCUT2D eigenvalue weighted by Gasteiger charge is -2.34. The molecule has 158 valence electrons. The van der Waals surface area contributed by atoms with Crippen molar-refractivity contribution < 1.29 is 19.4 Å². The van der Waals surface area contributed by atoms with Gasteiger partial charge in [-0.2, -0.15) is 0 Å². The fourth-order valence-corrected chi connectivity index (χ4v) is 5.35. The molecule has 6 heteroatoms. The van der Waals surface area contributed by atoms with E-state index in [0.717, 1.165) is 38.8 Å². The first-order valence-electron chi connectivity index (χ1n) is 11.0. The second-order valence-electron chi connectivity index (χ2n) is 8.82. The predicted octanol–water partition coefficient (Wildman–Crippen LogP) is 2.06. The average Bonchev–Trinajstić information content (AvgIpc) is 3.18. The minimum atomic E-state index is -1.47. The summed E-state index contributed by atoms with van der Waals surface area (Å²) in [6.45, 7) is 5.65. The number of carbonyl (C=O) groups excluding carboxylic acids is 2. The Labute approximate surface area is 172 Å². The normalized spacial score (nSPS) is 29.7. The Morgan fingerprint density at radius 1 is 1.21 bits per heavy atom. The highest BCUT2D eigenvalue weighted by Gasteiger charge is 2.59. The Bertz CT molecular complexity index is 737. The Morgan fingerprint density at radius 3 is 2.41 bits per heavy atom. The number of esters is 1. The van der Waals surface area contributed by atoms with Gasteiger partial charge < -0.3 is 15.2 Å². The molecule has 1 saturated heterocycles. The van der Waals surface area contributed by atoms with Gasteiger partial charge in [-0.1, -0.05) is 43.2 Å². The quantitative estimate of drug-likeness (QED) is 0.685. The maximum atomic E-state index is 13.3. The van der Waals surface area contributed by atoms with Crippen molar-refractivity contribution in [3.05, 3.63) is 35.9 Å². The van der Waals surface area contributed by atoms with E-state index in [2.05, 4.69) is 10.2 Å². The van der Waals surface area contributed by atoms with E-state index < -0.39 is 5.60 Å². The van der Waals surface area contributed by atoms with Crippen molar-refractivity contribution in [2.45, 2.75) is 57.2 Å². The third kappa shape index (κ3) is 3.68. The standard InChI is InChI=1S/C23H32N2O4/c1-3-29-21(26)15(2)25-13-18-19(14-25)20(18)24-22(27)23(28,17-11-7-8-12-17)16-9-5-4-6-10-16/h4-6,9-10,15,17-20,28H,3,7-8,11-14H2,1-2H3,(H,24,27)/t15?,18-,19+,20?,23?. The lowest BCUT2D eigenvalue weighted by atomic mass is 9.79. The number of hydrogen-bond acceptors (Lipinski definition) is 5. The van der Waals surface area contributed by atoms with Gasteiger partial charge in [0.05, 0.1) is 6.61 Å². The molecule has 5 atom stereocenters. The zero-order chi connectivity index (χ0) is 20.6. The topological polar surface area (TPSA) is 78.9 Å². The molecule has 0 bridgehead atoms. The molecule has 3 fully saturated rings. The Kier molecular flexibility index (Phi) is 5.67. The summed E-state index contributed by atoms with van der Waals surface area (Å²) in [5.41, 5.74) is -0.778. The summed E-state index contributed by atoms with van der Waals surface area (Å²) in [6, 6.07) is 9.21. The van der Waals surface area contributed by atoms with E-state index in [0.29, 0.717) is 24.0 Å². The van der Waals surface area contributed by atoms with Crippen LogP contribution in [0.5, 0.6) is 0 Å². The van der Waals surface area contributed by atoms with Gasteiger partial charge in [0.2, 0.25) is 0 Å². The van der Waals surface area contributed by atoms with Crippen LogP contribution in [0.25, 0.3) is 0 Å². The molecule has 6 nitrogen and oxygen atoms in total. The number of amides is 1. The van der Waals surface area contributed by atoms with Gasteiger partial charge in [0.15, 0.2) is 5.60 Å². The van der Waals surface area contributed by atoms with Gasteiger partial charge in [0.25, 0.3) is 5.91 Å². The molecule has 1 amide bonds. The molecular formula is C23H32N2O4. The highest BCUT2D eigenvalue weighted by atomic mass is 16.5. The molecule has 1 aromatic carbocycles. The first kappa shape index (κ1) is 20.4. The number of hydrogen-bond donors (Lipinski definition) is 2. The molecule has 0 radical (unpaired) electrons. The van der Waals surface area contributed by atoms with Crippen molar-refractivity contribution in [2.75, 3.05) is 19.7 Å². The summed E-state index contributed by atoms with van der Waals surface area (Å²) in [6.07, 6.45) is 3.87. The second-order valence-corrected chi connectivity index (χ2v) is 8.82. The van der Waals surface area contributed by atoms with E-state index >= 15 is 0 Å². The third-order valence-corrected chi connectivity index (χ3v) is 7.20. The van der Waals surface area contributed by atoms with Crippen LogP contribution in [0.2, 0.25) is 0 Å². The summed E-state index contributed by atoms with van der Waals surface area (Å²) in [7, 11) is 0. The van der Waals surface area contributed by atoms with Crippen molar-refractivity contribution in [3.63, 3.8) is 0 Å². The van der Waals surface area contributed by atoms with Crippen LogP contribution in [-0.4, -0.2) is 53.7 Å². The molecule has 1 heterocycles. The molecule has 3 aliphatic rings. The molecule has 4 rings (SSSR count). The minimum Gasteiger partial charge on any atom is -0.465 e. The molecular weight excluding hydrogens is 368 g/mol. The fourth-order valence-electron chi connectivity index (χ4n) is 5.35. The number of ether oxygens (including phenoxy) is 1. The molecule has 2 saturated carbocycles. The smallest absolute Gasteiger partial charge is 0.323 e. The largest absolute Gasteiger partial charge is 0.465 e. The van der Waals surface area contributed by atoms with E-state index in [9.17, 15) is 14.7 Å². The van der Waals surface area contributed by atoms with E-state index in [1.807, 2.05) is 44.2 Å². The predicted molar refractivity (Wildman–Crippen MR) is 109 cm³/mol. The highest BCUT2D eigenvalue weighted by Crippen LogP contribution is 2.47. The van der Waals surface area contributed by atoms with E-state index in [4.69, 9.17) is 4.74 Å². The maximum Gasteiger partial charge on any atom is 0.323 e. The number of benzene rings is 1. The molecule has 29 heavy (non-hydrogen) atoms. The number of piperidine rings is 1. The van der Waals surface area contributed by atoms with Crippen molar-refractivity contribution in [2.24, 2.45) is 17.8 Å². The summed E-state index contributed by atoms with van der Waals surface area (Å²) in [5, 5.41) is 14.7. The first-order chi connectivity index (χ1) is 14.0. The number of aliphatic hydroxyl groups is 1. The van der Waals surface area contributed by atoms with Crippen LogP contribution in [0.3, 0.4) is 0 Å². The Morgan fingerprint density at radius 2 is 1.83 bits per heavy atom. The van der Waals surface area contributed by atoms with Gasteiger partial charge in [-0.25, -0.2) is 0 Å². The monoisotopic (exact) mass is 400 g/mol. The van der Waals surface area contributed by atoms with Gasteiger partial charge in [-0.05, 0) is 44.1 Å². The van der Waals surface area contributed by atoms with Crippen LogP contribution >= 0.6 is 0 Å². The summed E-state index contributed by atoms with van der Waals surface area (Å²) < 4.78 is 5.12. The van der Waals surface area contributed by atoms with E-state index in [1.54, 1.807) is 0 Å². The number of rotatable bonds is 7. The molecule has 1 aromatic rings. The SMILES string of the molecule is CCOC(=O)C(C)N1C[C@@H]2C(NC(=O)C(O)(c3ccccc3)C3CCCC3)[C@@H]2C1. The van der Waals surface area contributed by atoms with Crippen molar-refractivity contribution in [1.82, 2.24) is 10.2 Å². The molecule has 2 aliphatic carbocycles. The van der Waals surface area contributed by atoms with Gasteiger partial charge in [-0.3, -0.25) is 14.5 Å². The van der Waals surface area contributed by atoms with Crippen LogP contribution in [0.4, 0.5) is 0 Å². The van der Waals surface area contributed by atoms with Crippen molar-refractivity contribution >= 4 is 11.9 Å². The first-order valence-corrected chi connectivity index (χ1v) is 11.0. The van der Waals surface area contributed by atoms with Gasteiger partial charge in [-0.15, -0.1) is 0 Å². The van der Waals surface area contributed by atoms with Crippen LogP contribution in [0, 0.1) is 17.8 Å². The maximum absolute atomic E-state index is 13.3. The van der Waals surface area contributed by atoms with E-state index in [-0.39, 0.29) is 29.9 Å². The number of likely N-dealkylation sites (tertiary alicyclic amines) is 1. The zero-order valence-electron chi connectivity index (χ0n) is 17.3. The average molecular weight is 401 g/mol. The minimum absolute atomic E-state index is 0.0381. The van der Waals surface area contributed by atoms with Crippen molar-refractivity contribution in [3.8, 4) is 0 Å². The Hall–Kier alpha value is -1.92. The number of fused-ring (bicyclic) bond motifs is 1. The number of nitrogens with zero attached hydrogens (tertiary/aromatic N) is 1. The summed E-state index contributed by atoms with van der Waals surface area (Å²) in [5.74, 6) is 0.205. The second kappa shape index (κ2) is 8.07. The fraction of sp³-hybridized carbons (Fsp3) is 0.652. The summed E-state index contributed by atoms with van der Waals surface area (Å²) in [4.78, 5) is 27.4. The van der Waals surface area contributed by atoms with Crippen LogP contribution in [0.15, 0.2) is 30.3 Å². The van der Waals surface area contributed by atoms with Gasteiger partial charge in [0.1, 0.15) is 6.04 Å². The lowest BCUT2D eigenvalue weighted by Crippen LogP contribution is -2.51. The molecule has 2 N–H and O–H groups in total. The number of carbonyl (C=O) groups is 2. The Balaban J connectivity index is 1.40. The van der Waals surface area contributed by atoms with Crippen LogP contribution in [-0.2, 0) is 19.9 Å². The van der Waals surface area contributed by atoms with Crippen LogP contribution in [0.1, 0.15) is 45.1 Å². The third-order valence-electron chi connectivity index (χ3n) is 7.20. The summed E-state index contributed by atoms with van der Waals surface area (Å²) >= 11 is 0. The highest BCUT2D eigenvalue weighted by molar-refractivity contribution is 5.87. The molecule has 0 aromatic heterocycles. The molecule has 3 unspecified atom stereocenters. The lowest BCUT2D eigenvalue weighted by molar-refractivity contribution is -0.149. The van der Waals surface area contributed by atoms with Gasteiger partial charge in [0, 0.05) is 25.0 Å². The molecule has 0 spiro atoms. The zero-order valence-corrected chi connectivity index (χ0v) is 17.3. The van der Waals surface area contributed by atoms with Crippen LogP contribution < -0.4 is 5.32 Å². The number of nitrogens with one attached hydrogen (secondary N) is 1.